The summed E-state index contributed by atoms with van der Waals surface area (Å²) in [5, 5.41) is 9.53. The molecule has 0 atom stereocenters. The van der Waals surface area contributed by atoms with Crippen molar-refractivity contribution < 1.29 is 5.11 Å². The van der Waals surface area contributed by atoms with Crippen molar-refractivity contribution in [3.8, 4) is 0 Å². The van der Waals surface area contributed by atoms with Gasteiger partial charge in [0, 0.05) is 0 Å². The molecule has 0 heterocycles. The summed E-state index contributed by atoms with van der Waals surface area (Å²) in [7, 11) is 0. The molecule has 0 aliphatic heterocycles. The third kappa shape index (κ3) is 10.7. The van der Waals surface area contributed by atoms with E-state index in [1.807, 2.05) is 6.92 Å². The Morgan fingerprint density at radius 3 is 1.65 bits per heavy atom. The first-order chi connectivity index (χ1) is 9.79. The van der Waals surface area contributed by atoms with Crippen molar-refractivity contribution in [3.63, 3.8) is 0 Å². The zero-order valence-electron chi connectivity index (χ0n) is 13.7. The van der Waals surface area contributed by atoms with Gasteiger partial charge in [-0.1, -0.05) is 19.8 Å². The molecule has 2 heteroatoms. The fraction of sp³-hybridized carbons (Fsp3) is 0.667. The van der Waals surface area contributed by atoms with Crippen LogP contribution in [0.15, 0.2) is 30.3 Å². The zero-order valence-corrected chi connectivity index (χ0v) is 16.5. The number of rotatable bonds is 9. The number of hydrogen-bond donors (Lipinski definition) is 0. The average molecular weight is 383 g/mol. The average Bonchev–Trinajstić information content (AvgIpc) is 2.50. The van der Waals surface area contributed by atoms with E-state index in [1.165, 1.54) is 25.7 Å². The molecule has 0 radical (unpaired) electrons. The van der Waals surface area contributed by atoms with E-state index >= 15 is 0 Å². The quantitative estimate of drug-likeness (QED) is 0.588. The Bertz CT molecular complexity index is 277. The molecule has 0 fully saturated rings. The Morgan fingerprint density at radius 2 is 1.30 bits per heavy atom. The van der Waals surface area contributed by atoms with Crippen LogP contribution in [0.4, 0.5) is 0 Å². The van der Waals surface area contributed by atoms with Gasteiger partial charge in [-0.25, -0.2) is 0 Å². The Kier molecular flexibility index (Phi) is 15.4. The van der Waals surface area contributed by atoms with Crippen LogP contribution in [0, 0.1) is 0 Å². The second kappa shape index (κ2) is 15.4. The van der Waals surface area contributed by atoms with Crippen molar-refractivity contribution >= 4 is 23.3 Å². The van der Waals surface area contributed by atoms with Crippen molar-refractivity contribution in [2.45, 2.75) is 68.2 Å². The summed E-state index contributed by atoms with van der Waals surface area (Å²) >= 11 is -1.22. The first kappa shape index (κ1) is 20.0. The predicted molar refractivity (Wildman–Crippen MR) is 91.0 cm³/mol. The van der Waals surface area contributed by atoms with E-state index in [0.29, 0.717) is 0 Å². The second-order valence-corrected chi connectivity index (χ2v) is 13.2. The zero-order chi connectivity index (χ0) is 15.1. The molecule has 0 bridgehead atoms. The van der Waals surface area contributed by atoms with E-state index in [4.69, 9.17) is 0 Å². The van der Waals surface area contributed by atoms with Crippen molar-refractivity contribution in [2.75, 3.05) is 6.61 Å². The van der Waals surface area contributed by atoms with Gasteiger partial charge < -0.3 is 5.11 Å². The van der Waals surface area contributed by atoms with Gasteiger partial charge in [0.1, 0.15) is 0 Å². The molecule has 0 N–H and O–H groups in total. The van der Waals surface area contributed by atoms with Crippen molar-refractivity contribution in [2.24, 2.45) is 0 Å². The Labute approximate surface area is 133 Å². The minimum atomic E-state index is -1.22. The summed E-state index contributed by atoms with van der Waals surface area (Å²) in [4.78, 5) is 0. The van der Waals surface area contributed by atoms with Crippen LogP contribution in [0.1, 0.15) is 59.3 Å². The molecular weight excluding hydrogens is 351 g/mol. The van der Waals surface area contributed by atoms with E-state index in [9.17, 15) is 5.11 Å². The van der Waals surface area contributed by atoms with Gasteiger partial charge in [0.15, 0.2) is 0 Å². The number of unbranched alkanes of at least 4 members (excludes halogenated alkanes) is 3. The Hall–Kier alpha value is -0.0213. The monoisotopic (exact) mass is 384 g/mol. The first-order valence-corrected chi connectivity index (χ1v) is 13.7. The molecule has 0 aliphatic rings. The molecule has 1 aromatic rings. The topological polar surface area (TPSA) is 23.1 Å². The summed E-state index contributed by atoms with van der Waals surface area (Å²) in [6.45, 7) is 6.73. The summed E-state index contributed by atoms with van der Waals surface area (Å²) in [6.07, 6.45) is 7.50. The summed E-state index contributed by atoms with van der Waals surface area (Å²) < 4.78 is 4.85. The standard InChI is InChI=1S/C6H5.C4H9O.2C4H9.Sn/c1-2-4-6-5-3-1;1-2-3-4-5;2*1-3-4-2;/h1-5H;2-4H2,1H3;2*1,3-4H2,2H3;/q;-1;;;+1. The molecule has 0 aliphatic carbocycles. The molecule has 1 nitrogen and oxygen atoms in total. The van der Waals surface area contributed by atoms with Gasteiger partial charge in [-0.15, -0.1) is 6.61 Å². The van der Waals surface area contributed by atoms with Crippen LogP contribution in [-0.2, 0) is 0 Å². The fourth-order valence-corrected chi connectivity index (χ4v) is 10.7. The molecule has 114 valence electrons. The Morgan fingerprint density at radius 1 is 0.800 bits per heavy atom. The van der Waals surface area contributed by atoms with Gasteiger partial charge in [-0.05, 0) is 0 Å². The van der Waals surface area contributed by atoms with Gasteiger partial charge in [0.25, 0.3) is 0 Å². The maximum atomic E-state index is 9.53. The maximum absolute atomic E-state index is 9.53. The van der Waals surface area contributed by atoms with E-state index in [0.717, 1.165) is 12.8 Å². The van der Waals surface area contributed by atoms with E-state index in [2.05, 4.69) is 44.2 Å². The van der Waals surface area contributed by atoms with Crippen LogP contribution in [0.2, 0.25) is 8.87 Å². The van der Waals surface area contributed by atoms with Crippen LogP contribution in [0.5, 0.6) is 0 Å². The van der Waals surface area contributed by atoms with Gasteiger partial charge in [-0.3, -0.25) is 0 Å². The van der Waals surface area contributed by atoms with Crippen LogP contribution in [0.25, 0.3) is 0 Å². The molecule has 20 heavy (non-hydrogen) atoms. The Balaban J connectivity index is 0.000000621. The SMILES string of the molecule is CCCC[O-].CCC[CH2][Sn+]([CH2]CCC)[c]1ccccc1. The minimum absolute atomic E-state index is 0.0938. The third-order valence-corrected chi connectivity index (χ3v) is 12.1. The third-order valence-electron chi connectivity index (χ3n) is 3.34. The van der Waals surface area contributed by atoms with Crippen LogP contribution < -0.4 is 8.69 Å². The van der Waals surface area contributed by atoms with Crippen LogP contribution in [-0.4, -0.2) is 26.4 Å². The molecule has 0 saturated heterocycles. The van der Waals surface area contributed by atoms with E-state index < -0.39 is 19.8 Å². The van der Waals surface area contributed by atoms with Crippen LogP contribution >= 0.6 is 0 Å². The fourth-order valence-electron chi connectivity index (χ4n) is 2.01. The molecule has 1 aromatic carbocycles. The summed E-state index contributed by atoms with van der Waals surface area (Å²) in [6, 6.07) is 11.3. The van der Waals surface area contributed by atoms with Crippen molar-refractivity contribution in [3.05, 3.63) is 30.3 Å². The molecule has 0 saturated carbocycles. The van der Waals surface area contributed by atoms with Gasteiger partial charge in [0.05, 0.1) is 0 Å². The molecular formula is C18H32OSn. The van der Waals surface area contributed by atoms with E-state index in [1.54, 1.807) is 12.5 Å². The van der Waals surface area contributed by atoms with Gasteiger partial charge >= 0.3 is 102 Å². The molecule has 0 amide bonds. The normalized spacial score (nSPS) is 9.80. The van der Waals surface area contributed by atoms with Crippen LogP contribution in [0.3, 0.4) is 0 Å². The van der Waals surface area contributed by atoms with Gasteiger partial charge in [-0.2, -0.15) is 0 Å². The second-order valence-electron chi connectivity index (χ2n) is 5.23. The molecule has 1 rings (SSSR count). The van der Waals surface area contributed by atoms with Crippen molar-refractivity contribution in [1.29, 1.82) is 0 Å². The number of benzene rings is 1. The number of hydrogen-bond acceptors (Lipinski definition) is 1. The summed E-state index contributed by atoms with van der Waals surface area (Å²) in [5.41, 5.74) is 0. The first-order valence-electron chi connectivity index (χ1n) is 8.28. The molecule has 0 aromatic heterocycles. The van der Waals surface area contributed by atoms with Crippen molar-refractivity contribution in [1.82, 2.24) is 0 Å². The summed E-state index contributed by atoms with van der Waals surface area (Å²) in [5.74, 6) is 0. The van der Waals surface area contributed by atoms with E-state index in [-0.39, 0.29) is 6.61 Å². The molecule has 0 spiro atoms. The van der Waals surface area contributed by atoms with Gasteiger partial charge in [0.2, 0.25) is 0 Å². The molecule has 0 unspecified atom stereocenters. The predicted octanol–water partition coefficient (Wildman–Crippen LogP) is 4.14.